The fourth-order valence-electron chi connectivity index (χ4n) is 3.19. The van der Waals surface area contributed by atoms with Crippen LogP contribution in [-0.4, -0.2) is 24.0 Å². The van der Waals surface area contributed by atoms with Gasteiger partial charge in [-0.15, -0.1) is 0 Å². The Labute approximate surface area is 118 Å². The van der Waals surface area contributed by atoms with Crippen LogP contribution in [0.4, 0.5) is 0 Å². The highest BCUT2D eigenvalue weighted by atomic mass is 15.2. The van der Waals surface area contributed by atoms with Gasteiger partial charge in [0.25, 0.3) is 0 Å². The minimum Gasteiger partial charge on any atom is -0.326 e. The Morgan fingerprint density at radius 1 is 1.05 bits per heavy atom. The Balaban J connectivity index is 2.13. The third-order valence-corrected chi connectivity index (χ3v) is 4.00. The lowest BCUT2D eigenvalue weighted by Crippen LogP contribution is -2.37. The molecule has 19 heavy (non-hydrogen) atoms. The number of hydrogen-bond acceptors (Lipinski definition) is 2. The van der Waals surface area contributed by atoms with Crippen LogP contribution in [0.2, 0.25) is 0 Å². The molecule has 2 nitrogen and oxygen atoms in total. The van der Waals surface area contributed by atoms with Crippen LogP contribution >= 0.6 is 0 Å². The summed E-state index contributed by atoms with van der Waals surface area (Å²) in [7, 11) is 0. The van der Waals surface area contributed by atoms with Crippen molar-refractivity contribution >= 4 is 0 Å². The molecular weight excluding hydrogens is 232 g/mol. The first-order valence-electron chi connectivity index (χ1n) is 7.66. The molecule has 0 aliphatic carbocycles. The Morgan fingerprint density at radius 2 is 1.63 bits per heavy atom. The van der Waals surface area contributed by atoms with Crippen LogP contribution in [0.5, 0.6) is 0 Å². The van der Waals surface area contributed by atoms with E-state index in [0.717, 1.165) is 6.42 Å². The van der Waals surface area contributed by atoms with Crippen LogP contribution in [0, 0.1) is 5.92 Å². The number of rotatable bonds is 5. The predicted octanol–water partition coefficient (Wildman–Crippen LogP) is 3.37. The minimum absolute atomic E-state index is 0.189. The molecule has 2 rings (SSSR count). The SMILES string of the molecule is CC(C)Cc1ccc(C(C(C)N)N2CCCC2)cc1. The molecular formula is C17H28N2. The molecule has 0 spiro atoms. The monoisotopic (exact) mass is 260 g/mol. The first-order chi connectivity index (χ1) is 9.08. The Bertz CT molecular complexity index is 375. The lowest BCUT2D eigenvalue weighted by Gasteiger charge is -2.31. The molecule has 0 radical (unpaired) electrons. The van der Waals surface area contributed by atoms with Gasteiger partial charge in [-0.1, -0.05) is 38.1 Å². The lowest BCUT2D eigenvalue weighted by atomic mass is 9.96. The van der Waals surface area contributed by atoms with E-state index in [9.17, 15) is 0 Å². The van der Waals surface area contributed by atoms with E-state index in [2.05, 4.69) is 49.9 Å². The summed E-state index contributed by atoms with van der Waals surface area (Å²) in [4.78, 5) is 2.54. The van der Waals surface area contributed by atoms with Crippen molar-refractivity contribution in [2.75, 3.05) is 13.1 Å². The van der Waals surface area contributed by atoms with Crippen LogP contribution in [0.3, 0.4) is 0 Å². The highest BCUT2D eigenvalue weighted by Crippen LogP contribution is 2.27. The zero-order valence-electron chi connectivity index (χ0n) is 12.6. The second kappa shape index (κ2) is 6.53. The van der Waals surface area contributed by atoms with Crippen molar-refractivity contribution < 1.29 is 0 Å². The normalized spacial score (nSPS) is 19.8. The van der Waals surface area contributed by atoms with E-state index >= 15 is 0 Å². The molecule has 1 aliphatic heterocycles. The number of nitrogens with zero attached hydrogens (tertiary/aromatic N) is 1. The zero-order chi connectivity index (χ0) is 13.8. The van der Waals surface area contributed by atoms with Crippen molar-refractivity contribution in [3.05, 3.63) is 35.4 Å². The van der Waals surface area contributed by atoms with Crippen LogP contribution in [0.25, 0.3) is 0 Å². The van der Waals surface area contributed by atoms with Crippen LogP contribution in [0.1, 0.15) is 50.8 Å². The Morgan fingerprint density at radius 3 is 2.11 bits per heavy atom. The summed E-state index contributed by atoms with van der Waals surface area (Å²) in [6.07, 6.45) is 3.79. The molecule has 1 saturated heterocycles. The van der Waals surface area contributed by atoms with Crippen molar-refractivity contribution in [3.8, 4) is 0 Å². The number of nitrogens with two attached hydrogens (primary N) is 1. The van der Waals surface area contributed by atoms with E-state index in [1.54, 1.807) is 0 Å². The second-order valence-corrected chi connectivity index (χ2v) is 6.39. The van der Waals surface area contributed by atoms with E-state index in [0.29, 0.717) is 12.0 Å². The second-order valence-electron chi connectivity index (χ2n) is 6.39. The fraction of sp³-hybridized carbons (Fsp3) is 0.647. The molecule has 1 aliphatic rings. The average Bonchev–Trinajstić information content (AvgIpc) is 2.84. The maximum Gasteiger partial charge on any atom is 0.0496 e. The van der Waals surface area contributed by atoms with Gasteiger partial charge in [0.05, 0.1) is 0 Å². The van der Waals surface area contributed by atoms with E-state index in [-0.39, 0.29) is 6.04 Å². The topological polar surface area (TPSA) is 29.3 Å². The molecule has 1 fully saturated rings. The molecule has 2 unspecified atom stereocenters. The summed E-state index contributed by atoms with van der Waals surface area (Å²) in [5.74, 6) is 0.716. The van der Waals surface area contributed by atoms with Crippen LogP contribution in [-0.2, 0) is 6.42 Å². The molecule has 0 saturated carbocycles. The average molecular weight is 260 g/mol. The van der Waals surface area contributed by atoms with E-state index in [1.165, 1.54) is 37.1 Å². The van der Waals surface area contributed by atoms with E-state index < -0.39 is 0 Å². The van der Waals surface area contributed by atoms with Gasteiger partial charge in [0.15, 0.2) is 0 Å². The van der Waals surface area contributed by atoms with Crippen molar-refractivity contribution in [2.45, 2.75) is 52.1 Å². The first kappa shape index (κ1) is 14.5. The quantitative estimate of drug-likeness (QED) is 0.879. The molecule has 0 aromatic heterocycles. The largest absolute Gasteiger partial charge is 0.326 e. The summed E-state index contributed by atoms with van der Waals surface area (Å²) < 4.78 is 0. The van der Waals surface area contributed by atoms with Crippen molar-refractivity contribution in [1.82, 2.24) is 4.90 Å². The third-order valence-electron chi connectivity index (χ3n) is 4.00. The molecule has 2 N–H and O–H groups in total. The van der Waals surface area contributed by atoms with Gasteiger partial charge < -0.3 is 5.73 Å². The van der Waals surface area contributed by atoms with Crippen molar-refractivity contribution in [3.63, 3.8) is 0 Å². The van der Waals surface area contributed by atoms with Crippen LogP contribution < -0.4 is 5.73 Å². The van der Waals surface area contributed by atoms with Crippen molar-refractivity contribution in [2.24, 2.45) is 11.7 Å². The van der Waals surface area contributed by atoms with Gasteiger partial charge in [-0.3, -0.25) is 4.90 Å². The molecule has 1 aromatic carbocycles. The summed E-state index contributed by atoms with van der Waals surface area (Å²) in [6, 6.07) is 9.69. The van der Waals surface area contributed by atoms with E-state index in [4.69, 9.17) is 5.73 Å². The highest BCUT2D eigenvalue weighted by molar-refractivity contribution is 5.26. The van der Waals surface area contributed by atoms with Gasteiger partial charge in [0, 0.05) is 12.1 Å². The summed E-state index contributed by atoms with van der Waals surface area (Å²) in [5.41, 5.74) is 9.04. The van der Waals surface area contributed by atoms with Gasteiger partial charge >= 0.3 is 0 Å². The van der Waals surface area contributed by atoms with Crippen molar-refractivity contribution in [1.29, 1.82) is 0 Å². The summed E-state index contributed by atoms with van der Waals surface area (Å²) >= 11 is 0. The van der Waals surface area contributed by atoms with Gasteiger partial charge in [-0.2, -0.15) is 0 Å². The molecule has 1 heterocycles. The highest BCUT2D eigenvalue weighted by Gasteiger charge is 2.26. The standard InChI is InChI=1S/C17H28N2/c1-13(2)12-15-6-8-16(9-7-15)17(14(3)18)19-10-4-5-11-19/h6-9,13-14,17H,4-5,10-12,18H2,1-3H3. The number of hydrogen-bond donors (Lipinski definition) is 1. The number of benzene rings is 1. The minimum atomic E-state index is 0.189. The zero-order valence-corrected chi connectivity index (χ0v) is 12.6. The maximum atomic E-state index is 6.23. The number of likely N-dealkylation sites (tertiary alicyclic amines) is 1. The lowest BCUT2D eigenvalue weighted by molar-refractivity contribution is 0.219. The smallest absolute Gasteiger partial charge is 0.0496 e. The molecule has 106 valence electrons. The Kier molecular flexibility index (Phi) is 5.00. The predicted molar refractivity (Wildman–Crippen MR) is 82.2 cm³/mol. The summed E-state index contributed by atoms with van der Waals surface area (Å²) in [5, 5.41) is 0. The maximum absolute atomic E-state index is 6.23. The fourth-order valence-corrected chi connectivity index (χ4v) is 3.19. The molecule has 0 amide bonds. The van der Waals surface area contributed by atoms with Gasteiger partial charge in [-0.25, -0.2) is 0 Å². The molecule has 2 atom stereocenters. The molecule has 0 bridgehead atoms. The van der Waals surface area contributed by atoms with Gasteiger partial charge in [0.2, 0.25) is 0 Å². The molecule has 2 heteroatoms. The third kappa shape index (κ3) is 3.80. The van der Waals surface area contributed by atoms with Gasteiger partial charge in [0.1, 0.15) is 0 Å². The first-order valence-corrected chi connectivity index (χ1v) is 7.66. The summed E-state index contributed by atoms with van der Waals surface area (Å²) in [6.45, 7) is 9.05. The van der Waals surface area contributed by atoms with Crippen LogP contribution in [0.15, 0.2) is 24.3 Å². The Hall–Kier alpha value is -0.860. The van der Waals surface area contributed by atoms with Gasteiger partial charge in [-0.05, 0) is 56.3 Å². The molecule has 1 aromatic rings. The van der Waals surface area contributed by atoms with E-state index in [1.807, 2.05) is 0 Å².